The molecule has 0 aromatic carbocycles. The maximum absolute atomic E-state index is 11.1. The van der Waals surface area contributed by atoms with Crippen LogP contribution in [0.25, 0.3) is 0 Å². The minimum atomic E-state index is -0.644. The predicted octanol–water partition coefficient (Wildman–Crippen LogP) is 5.75. The average Bonchev–Trinajstić information content (AvgIpc) is 3.00. The molecule has 3 heteroatoms. The van der Waals surface area contributed by atoms with E-state index in [4.69, 9.17) is 5.11 Å². The van der Waals surface area contributed by atoms with Gasteiger partial charge in [0.2, 0.25) is 0 Å². The summed E-state index contributed by atoms with van der Waals surface area (Å²) in [6, 6.07) is 0. The standard InChI is InChI=1S/C25H42O3/c1-15(5-10-23(27)28)20-8-9-21-19-7-6-17-14-18(26)11-12-24(17,3)22(19)13-16(2)25(20,21)4/h15-22,26H,5-14H2,1-4H3,(H,27,28). The fourth-order valence-corrected chi connectivity index (χ4v) is 9.09. The summed E-state index contributed by atoms with van der Waals surface area (Å²) in [6.45, 7) is 9.97. The molecule has 4 aliphatic carbocycles. The van der Waals surface area contributed by atoms with Crippen molar-refractivity contribution in [2.75, 3.05) is 0 Å². The van der Waals surface area contributed by atoms with Crippen molar-refractivity contribution >= 4 is 5.97 Å². The van der Waals surface area contributed by atoms with Crippen molar-refractivity contribution in [1.29, 1.82) is 0 Å². The molecule has 28 heavy (non-hydrogen) atoms. The molecular weight excluding hydrogens is 348 g/mol. The minimum Gasteiger partial charge on any atom is -0.481 e. The van der Waals surface area contributed by atoms with Crippen molar-refractivity contribution in [3.8, 4) is 0 Å². The fraction of sp³-hybridized carbons (Fsp3) is 0.960. The number of hydrogen-bond acceptors (Lipinski definition) is 2. The molecule has 10 unspecified atom stereocenters. The van der Waals surface area contributed by atoms with E-state index in [2.05, 4.69) is 27.7 Å². The topological polar surface area (TPSA) is 57.5 Å². The summed E-state index contributed by atoms with van der Waals surface area (Å²) in [5.74, 6) is 4.52. The highest BCUT2D eigenvalue weighted by atomic mass is 16.4. The van der Waals surface area contributed by atoms with Crippen molar-refractivity contribution in [3.63, 3.8) is 0 Å². The number of hydrogen-bond donors (Lipinski definition) is 2. The third kappa shape index (κ3) is 3.06. The normalized spacial score (nSPS) is 51.7. The van der Waals surface area contributed by atoms with Gasteiger partial charge in [0.15, 0.2) is 0 Å². The van der Waals surface area contributed by atoms with E-state index in [0.717, 1.165) is 48.9 Å². The molecule has 4 fully saturated rings. The van der Waals surface area contributed by atoms with Crippen LogP contribution in [0.15, 0.2) is 0 Å². The van der Waals surface area contributed by atoms with Crippen LogP contribution in [0, 0.1) is 52.3 Å². The molecule has 0 amide bonds. The van der Waals surface area contributed by atoms with E-state index in [9.17, 15) is 9.90 Å². The number of carboxylic acid groups (broad SMARTS) is 1. The first kappa shape index (κ1) is 20.7. The molecule has 0 aromatic heterocycles. The Labute approximate surface area is 171 Å². The number of aliphatic hydroxyl groups excluding tert-OH is 1. The van der Waals surface area contributed by atoms with Crippen LogP contribution in [-0.2, 0) is 4.79 Å². The zero-order chi connectivity index (χ0) is 20.3. The highest BCUT2D eigenvalue weighted by molar-refractivity contribution is 5.66. The monoisotopic (exact) mass is 390 g/mol. The molecule has 0 heterocycles. The van der Waals surface area contributed by atoms with Crippen LogP contribution in [0.5, 0.6) is 0 Å². The number of rotatable bonds is 4. The van der Waals surface area contributed by atoms with Crippen LogP contribution in [0.4, 0.5) is 0 Å². The van der Waals surface area contributed by atoms with Gasteiger partial charge in [0, 0.05) is 6.42 Å². The van der Waals surface area contributed by atoms with Crippen molar-refractivity contribution in [2.45, 2.75) is 98.0 Å². The highest BCUT2D eigenvalue weighted by Gasteiger charge is 2.62. The Bertz CT molecular complexity index is 603. The van der Waals surface area contributed by atoms with Gasteiger partial charge >= 0.3 is 5.97 Å². The molecule has 2 N–H and O–H groups in total. The summed E-state index contributed by atoms with van der Waals surface area (Å²) in [7, 11) is 0. The number of aliphatic carboxylic acids is 1. The first-order valence-electron chi connectivity index (χ1n) is 12.1. The van der Waals surface area contributed by atoms with Gasteiger partial charge in [-0.1, -0.05) is 27.7 Å². The lowest BCUT2D eigenvalue weighted by atomic mass is 9.42. The van der Waals surface area contributed by atoms with E-state index in [0.29, 0.717) is 29.1 Å². The van der Waals surface area contributed by atoms with Crippen molar-refractivity contribution < 1.29 is 15.0 Å². The Hall–Kier alpha value is -0.570. The van der Waals surface area contributed by atoms with E-state index in [1.807, 2.05) is 0 Å². The van der Waals surface area contributed by atoms with Gasteiger partial charge in [-0.2, -0.15) is 0 Å². The Morgan fingerprint density at radius 2 is 1.82 bits per heavy atom. The lowest BCUT2D eigenvalue weighted by molar-refractivity contribution is -0.149. The summed E-state index contributed by atoms with van der Waals surface area (Å²) in [4.78, 5) is 11.1. The first-order chi connectivity index (χ1) is 13.2. The van der Waals surface area contributed by atoms with Gasteiger partial charge in [0.05, 0.1) is 6.10 Å². The second-order valence-electron chi connectivity index (χ2n) is 11.7. The van der Waals surface area contributed by atoms with Crippen molar-refractivity contribution in [1.82, 2.24) is 0 Å². The maximum Gasteiger partial charge on any atom is 0.303 e. The summed E-state index contributed by atoms with van der Waals surface area (Å²) in [5.41, 5.74) is 0.821. The third-order valence-corrected chi connectivity index (χ3v) is 10.8. The molecule has 0 radical (unpaired) electrons. The van der Waals surface area contributed by atoms with Gasteiger partial charge < -0.3 is 10.2 Å². The molecular formula is C25H42O3. The molecule has 0 aromatic rings. The number of aliphatic hydroxyl groups is 1. The number of carboxylic acids is 1. The first-order valence-corrected chi connectivity index (χ1v) is 12.1. The van der Waals surface area contributed by atoms with Crippen LogP contribution in [0.1, 0.15) is 91.9 Å². The van der Waals surface area contributed by atoms with Crippen LogP contribution in [0.3, 0.4) is 0 Å². The number of fused-ring (bicyclic) bond motifs is 5. The van der Waals surface area contributed by atoms with Gasteiger partial charge in [0.25, 0.3) is 0 Å². The van der Waals surface area contributed by atoms with E-state index in [-0.39, 0.29) is 6.10 Å². The molecule has 160 valence electrons. The van der Waals surface area contributed by atoms with Crippen molar-refractivity contribution in [2.24, 2.45) is 52.3 Å². The second kappa shape index (κ2) is 7.29. The van der Waals surface area contributed by atoms with Crippen molar-refractivity contribution in [3.05, 3.63) is 0 Å². The molecule has 0 saturated heterocycles. The quantitative estimate of drug-likeness (QED) is 0.642. The van der Waals surface area contributed by atoms with Gasteiger partial charge in [-0.3, -0.25) is 4.79 Å². The van der Waals surface area contributed by atoms with Gasteiger partial charge in [-0.05, 0) is 110 Å². The minimum absolute atomic E-state index is 0.0631. The smallest absolute Gasteiger partial charge is 0.303 e. The van der Waals surface area contributed by atoms with Gasteiger partial charge in [-0.15, -0.1) is 0 Å². The zero-order valence-corrected chi connectivity index (χ0v) is 18.5. The zero-order valence-electron chi connectivity index (χ0n) is 18.5. The molecule has 4 saturated carbocycles. The molecule has 0 bridgehead atoms. The summed E-state index contributed by atoms with van der Waals surface area (Å²) in [5, 5.41) is 19.4. The lowest BCUT2D eigenvalue weighted by Crippen LogP contribution is -2.56. The summed E-state index contributed by atoms with van der Waals surface area (Å²) in [6.07, 6.45) is 11.0. The van der Waals surface area contributed by atoms with Gasteiger partial charge in [-0.25, -0.2) is 0 Å². The fourth-order valence-electron chi connectivity index (χ4n) is 9.09. The Kier molecular flexibility index (Phi) is 5.39. The maximum atomic E-state index is 11.1. The van der Waals surface area contributed by atoms with Crippen LogP contribution < -0.4 is 0 Å². The molecule has 10 atom stereocenters. The lowest BCUT2D eigenvalue weighted by Gasteiger charge is -2.63. The van der Waals surface area contributed by atoms with Crippen LogP contribution >= 0.6 is 0 Å². The Balaban J connectivity index is 1.56. The van der Waals surface area contributed by atoms with Crippen LogP contribution in [-0.4, -0.2) is 22.3 Å². The predicted molar refractivity (Wildman–Crippen MR) is 112 cm³/mol. The highest BCUT2D eigenvalue weighted by Crippen LogP contribution is 2.69. The molecule has 4 aliphatic rings. The molecule has 0 spiro atoms. The SMILES string of the molecule is CC(CCC(=O)O)C1CCC2C3CCC4CC(O)CCC4(C)C3CC(C)C12C. The summed E-state index contributed by atoms with van der Waals surface area (Å²) >= 11 is 0. The molecule has 0 aliphatic heterocycles. The van der Waals surface area contributed by atoms with Gasteiger partial charge in [0.1, 0.15) is 0 Å². The largest absolute Gasteiger partial charge is 0.481 e. The third-order valence-electron chi connectivity index (χ3n) is 10.8. The average molecular weight is 391 g/mol. The molecule has 4 rings (SSSR count). The number of carbonyl (C=O) groups is 1. The van der Waals surface area contributed by atoms with Crippen LogP contribution in [0.2, 0.25) is 0 Å². The summed E-state index contributed by atoms with van der Waals surface area (Å²) < 4.78 is 0. The second-order valence-corrected chi connectivity index (χ2v) is 11.7. The van der Waals surface area contributed by atoms with E-state index in [1.165, 1.54) is 38.5 Å². The van der Waals surface area contributed by atoms with E-state index < -0.39 is 5.97 Å². The molecule has 3 nitrogen and oxygen atoms in total. The Morgan fingerprint density at radius 3 is 2.54 bits per heavy atom. The Morgan fingerprint density at radius 1 is 1.07 bits per heavy atom. The van der Waals surface area contributed by atoms with E-state index in [1.54, 1.807) is 0 Å². The van der Waals surface area contributed by atoms with E-state index >= 15 is 0 Å².